The number of aromatic nitrogens is 1. The van der Waals surface area contributed by atoms with Crippen LogP contribution in [0.2, 0.25) is 0 Å². The number of carbonyl (C=O) groups is 1. The van der Waals surface area contributed by atoms with Crippen LogP contribution >= 0.6 is 15.9 Å². The molecule has 2 nitrogen and oxygen atoms in total. The Balaban J connectivity index is 2.91. The van der Waals surface area contributed by atoms with E-state index in [0.29, 0.717) is 10.2 Å². The monoisotopic (exact) mass is 255 g/mol. The molecule has 0 aliphatic rings. The summed E-state index contributed by atoms with van der Waals surface area (Å²) in [5.41, 5.74) is 2.02. The second-order valence-corrected chi connectivity index (χ2v) is 3.95. The summed E-state index contributed by atoms with van der Waals surface area (Å²) in [6, 6.07) is 2.78. The molecule has 0 saturated heterocycles. The van der Waals surface area contributed by atoms with E-state index in [1.165, 1.54) is 12.1 Å². The van der Waals surface area contributed by atoms with E-state index in [0.717, 1.165) is 22.8 Å². The Labute approximate surface area is 88.2 Å². The summed E-state index contributed by atoms with van der Waals surface area (Å²) in [4.78, 5) is 13.6. The molecule has 0 amide bonds. The molecule has 1 aromatic carbocycles. The predicted molar refractivity (Wildman–Crippen MR) is 56.1 cm³/mol. The van der Waals surface area contributed by atoms with E-state index in [1.807, 2.05) is 0 Å². The number of rotatable bonds is 1. The number of aromatic amines is 1. The molecule has 2 rings (SSSR count). The Hall–Kier alpha value is -1.16. The fraction of sp³-hybridized carbons (Fsp3) is 0.100. The summed E-state index contributed by atoms with van der Waals surface area (Å²) in [7, 11) is 0. The number of hydrogen-bond donors (Lipinski definition) is 1. The number of H-pyrrole nitrogens is 1. The van der Waals surface area contributed by atoms with Crippen LogP contribution in [-0.4, -0.2) is 11.3 Å². The van der Waals surface area contributed by atoms with Gasteiger partial charge in [-0.25, -0.2) is 4.39 Å². The number of nitrogens with one attached hydrogen (secondary N) is 1. The molecule has 0 bridgehead atoms. The third-order valence-corrected chi connectivity index (χ3v) is 2.87. The van der Waals surface area contributed by atoms with Crippen LogP contribution in [0.3, 0.4) is 0 Å². The second kappa shape index (κ2) is 3.20. The summed E-state index contributed by atoms with van der Waals surface area (Å²) >= 11 is 3.24. The van der Waals surface area contributed by atoms with Crippen molar-refractivity contribution < 1.29 is 9.18 Å². The Morgan fingerprint density at radius 2 is 2.21 bits per heavy atom. The lowest BCUT2D eigenvalue weighted by Crippen LogP contribution is -1.80. The van der Waals surface area contributed by atoms with Crippen molar-refractivity contribution in [3.05, 3.63) is 33.7 Å². The Morgan fingerprint density at radius 3 is 2.86 bits per heavy atom. The predicted octanol–water partition coefficient (Wildman–Crippen LogP) is 3.19. The van der Waals surface area contributed by atoms with Crippen LogP contribution in [-0.2, 0) is 0 Å². The quantitative estimate of drug-likeness (QED) is 0.781. The van der Waals surface area contributed by atoms with Gasteiger partial charge in [0, 0.05) is 9.86 Å². The highest BCUT2D eigenvalue weighted by Gasteiger charge is 2.10. The molecule has 4 heteroatoms. The fourth-order valence-electron chi connectivity index (χ4n) is 1.49. The summed E-state index contributed by atoms with van der Waals surface area (Å²) < 4.78 is 13.7. The fourth-order valence-corrected chi connectivity index (χ4v) is 2.02. The molecule has 0 atom stereocenters. The molecule has 0 aliphatic heterocycles. The molecule has 1 N–H and O–H groups in total. The molecule has 72 valence electrons. The SMILES string of the molecule is Cc1c(C=O)[nH]c2c(Br)cc(F)cc12. The minimum atomic E-state index is -0.316. The van der Waals surface area contributed by atoms with Crippen molar-refractivity contribution in [3.8, 4) is 0 Å². The molecule has 0 spiro atoms. The van der Waals surface area contributed by atoms with E-state index in [-0.39, 0.29) is 5.82 Å². The van der Waals surface area contributed by atoms with E-state index in [1.54, 1.807) is 6.92 Å². The van der Waals surface area contributed by atoms with Gasteiger partial charge in [0.1, 0.15) is 5.82 Å². The molecule has 14 heavy (non-hydrogen) atoms. The summed E-state index contributed by atoms with van der Waals surface area (Å²) in [5.74, 6) is -0.316. The number of hydrogen-bond acceptors (Lipinski definition) is 1. The van der Waals surface area contributed by atoms with Gasteiger partial charge < -0.3 is 4.98 Å². The standard InChI is InChI=1S/C10H7BrFNO/c1-5-7-2-6(12)3-8(11)10(7)13-9(5)4-14/h2-4,13H,1H3. The lowest BCUT2D eigenvalue weighted by molar-refractivity contribution is 0.111. The lowest BCUT2D eigenvalue weighted by atomic mass is 10.1. The van der Waals surface area contributed by atoms with Crippen molar-refractivity contribution in [2.45, 2.75) is 6.92 Å². The van der Waals surface area contributed by atoms with Crippen molar-refractivity contribution >= 4 is 33.1 Å². The number of halogens is 2. The van der Waals surface area contributed by atoms with Crippen molar-refractivity contribution in [2.75, 3.05) is 0 Å². The maximum Gasteiger partial charge on any atom is 0.166 e. The van der Waals surface area contributed by atoms with Gasteiger partial charge in [0.25, 0.3) is 0 Å². The summed E-state index contributed by atoms with van der Waals surface area (Å²) in [6.45, 7) is 1.79. The van der Waals surface area contributed by atoms with Gasteiger partial charge in [-0.3, -0.25) is 4.79 Å². The number of benzene rings is 1. The van der Waals surface area contributed by atoms with Crippen LogP contribution in [0.1, 0.15) is 16.1 Å². The number of carbonyl (C=O) groups excluding carboxylic acids is 1. The van der Waals surface area contributed by atoms with E-state index in [2.05, 4.69) is 20.9 Å². The highest BCUT2D eigenvalue weighted by molar-refractivity contribution is 9.10. The third kappa shape index (κ3) is 1.26. The summed E-state index contributed by atoms with van der Waals surface area (Å²) in [6.07, 6.45) is 0.736. The normalized spacial score (nSPS) is 10.8. The van der Waals surface area contributed by atoms with Gasteiger partial charge in [-0.1, -0.05) is 0 Å². The lowest BCUT2D eigenvalue weighted by Gasteiger charge is -1.95. The zero-order valence-corrected chi connectivity index (χ0v) is 8.98. The van der Waals surface area contributed by atoms with Crippen LogP contribution < -0.4 is 0 Å². The molecule has 0 unspecified atom stereocenters. The Bertz CT molecular complexity index is 518. The van der Waals surface area contributed by atoms with Gasteiger partial charge in [0.2, 0.25) is 0 Å². The minimum Gasteiger partial charge on any atom is -0.351 e. The number of fused-ring (bicyclic) bond motifs is 1. The maximum atomic E-state index is 13.1. The summed E-state index contributed by atoms with van der Waals surface area (Å²) in [5, 5.41) is 0.735. The highest BCUT2D eigenvalue weighted by Crippen LogP contribution is 2.28. The largest absolute Gasteiger partial charge is 0.351 e. The van der Waals surface area contributed by atoms with Gasteiger partial charge in [0.05, 0.1) is 11.2 Å². The van der Waals surface area contributed by atoms with Crippen molar-refractivity contribution in [1.29, 1.82) is 0 Å². The first-order valence-corrected chi connectivity index (χ1v) is 4.85. The molecule has 0 radical (unpaired) electrons. The Morgan fingerprint density at radius 1 is 1.50 bits per heavy atom. The van der Waals surface area contributed by atoms with Crippen molar-refractivity contribution in [3.63, 3.8) is 0 Å². The molecule has 0 saturated carbocycles. The Kier molecular flexibility index (Phi) is 2.15. The third-order valence-electron chi connectivity index (χ3n) is 2.24. The zero-order chi connectivity index (χ0) is 10.3. The molecule has 1 heterocycles. The smallest absolute Gasteiger partial charge is 0.166 e. The molecule has 1 aromatic heterocycles. The van der Waals surface area contributed by atoms with E-state index in [9.17, 15) is 9.18 Å². The average molecular weight is 256 g/mol. The van der Waals surface area contributed by atoms with Crippen LogP contribution in [0.25, 0.3) is 10.9 Å². The van der Waals surface area contributed by atoms with Gasteiger partial charge in [-0.2, -0.15) is 0 Å². The van der Waals surface area contributed by atoms with Crippen molar-refractivity contribution in [2.24, 2.45) is 0 Å². The first kappa shape index (κ1) is 9.40. The highest BCUT2D eigenvalue weighted by atomic mass is 79.9. The van der Waals surface area contributed by atoms with Crippen LogP contribution in [0.15, 0.2) is 16.6 Å². The van der Waals surface area contributed by atoms with E-state index in [4.69, 9.17) is 0 Å². The van der Waals surface area contributed by atoms with Crippen LogP contribution in [0.4, 0.5) is 4.39 Å². The number of aldehydes is 1. The van der Waals surface area contributed by atoms with Gasteiger partial charge in [-0.05, 0) is 40.5 Å². The maximum absolute atomic E-state index is 13.1. The van der Waals surface area contributed by atoms with E-state index >= 15 is 0 Å². The van der Waals surface area contributed by atoms with Gasteiger partial charge in [-0.15, -0.1) is 0 Å². The van der Waals surface area contributed by atoms with Gasteiger partial charge >= 0.3 is 0 Å². The first-order chi connectivity index (χ1) is 6.63. The molecular weight excluding hydrogens is 249 g/mol. The van der Waals surface area contributed by atoms with Crippen LogP contribution in [0, 0.1) is 12.7 Å². The number of aryl methyl sites for hydroxylation is 1. The second-order valence-electron chi connectivity index (χ2n) is 3.09. The molecular formula is C10H7BrFNO. The zero-order valence-electron chi connectivity index (χ0n) is 7.40. The average Bonchev–Trinajstić information content (AvgIpc) is 2.44. The topological polar surface area (TPSA) is 32.9 Å². The van der Waals surface area contributed by atoms with E-state index < -0.39 is 0 Å². The molecule has 0 fully saturated rings. The molecule has 0 aliphatic carbocycles. The first-order valence-electron chi connectivity index (χ1n) is 4.06. The van der Waals surface area contributed by atoms with Gasteiger partial charge in [0.15, 0.2) is 6.29 Å². The minimum absolute atomic E-state index is 0.316. The molecule has 2 aromatic rings. The van der Waals surface area contributed by atoms with Crippen molar-refractivity contribution in [1.82, 2.24) is 4.98 Å². The van der Waals surface area contributed by atoms with Crippen LogP contribution in [0.5, 0.6) is 0 Å².